The van der Waals surface area contributed by atoms with Gasteiger partial charge in [0.15, 0.2) is 5.60 Å². The number of hydrogen-bond donors (Lipinski definition) is 7. The van der Waals surface area contributed by atoms with Crippen molar-refractivity contribution in [2.24, 2.45) is 7.05 Å². The molecular weight excluding hydrogens is 1470 g/mol. The molecule has 7 heterocycles. The van der Waals surface area contributed by atoms with E-state index < -0.39 is 78.7 Å². The third-order valence-corrected chi connectivity index (χ3v) is 22.9. The number of nitrogens with one attached hydrogen (secondary N) is 5. The first-order valence-electron chi connectivity index (χ1n) is 37.4. The van der Waals surface area contributed by atoms with Crippen molar-refractivity contribution in [3.05, 3.63) is 183 Å². The van der Waals surface area contributed by atoms with Gasteiger partial charge in [0, 0.05) is 108 Å². The first kappa shape index (κ1) is 79.3. The van der Waals surface area contributed by atoms with E-state index in [9.17, 15) is 53.4 Å². The van der Waals surface area contributed by atoms with Gasteiger partial charge in [-0.25, -0.2) is 19.7 Å². The zero-order valence-electron chi connectivity index (χ0n) is 62.4. The van der Waals surface area contributed by atoms with Gasteiger partial charge in [-0.2, -0.15) is 0 Å². The standard InChI is InChI=1S/C82H89N13O15S2/c1-81(32-39-91(40-33-81)56-28-36-92(37-29-56)79-88-63-25-22-54(62-50-90(2)76(103)71-60(62)27-35-83-71)47-61(63)74(89-79)82(51-96,110-57-23-24-57)55-15-7-4-8-16-55)86-34-13-14-53-21-26-66(107-3)65(46-53)93-38-30-69(99)95(80(93)106)52-85-68(98)49-84-75(102)64(48-70(100)101)87-67(97)31-42-108-44-45-109-43-41-94-77(104)72(111-58-17-9-5-10-18-58)73(78(94)105)112-59-19-11-6-12-20-59/h4-12,15-22,25-27,35,46-47,50,56-57,64,83,86,96H,23-24,28-34,36-45,48-49,51-52H2,1-3H3,(H,84,102)(H,85,98)(H,87,97)(H,100,101)/t64-,82-/m0/s1. The third-order valence-electron chi connectivity index (χ3n) is 20.6. The van der Waals surface area contributed by atoms with E-state index in [1.165, 1.54) is 35.5 Å². The molecule has 28 nitrogen and oxygen atoms in total. The number of aryl methyl sites for hydroxylation is 1. The van der Waals surface area contributed by atoms with E-state index in [0.717, 1.165) is 117 Å². The molecular formula is C82H89N13O15S2. The molecule has 3 aromatic heterocycles. The largest absolute Gasteiger partial charge is 0.495 e. The van der Waals surface area contributed by atoms with E-state index in [1.807, 2.05) is 115 Å². The van der Waals surface area contributed by atoms with Crippen molar-refractivity contribution >= 4 is 104 Å². The predicted molar refractivity (Wildman–Crippen MR) is 422 cm³/mol. The Morgan fingerprint density at radius 3 is 2.09 bits per heavy atom. The van der Waals surface area contributed by atoms with E-state index in [4.69, 9.17) is 28.9 Å². The minimum absolute atomic E-state index is 0.00949. The summed E-state index contributed by atoms with van der Waals surface area (Å²) in [5, 5.41) is 33.6. The summed E-state index contributed by atoms with van der Waals surface area (Å²) in [6.07, 6.45) is 7.80. The minimum Gasteiger partial charge on any atom is -0.495 e. The molecule has 3 saturated heterocycles. The number of rotatable bonds is 33. The van der Waals surface area contributed by atoms with E-state index in [-0.39, 0.29) is 76.2 Å². The number of amides is 8. The number of aromatic amines is 1. The molecule has 0 spiro atoms. The maximum Gasteiger partial charge on any atom is 0.332 e. The van der Waals surface area contributed by atoms with Gasteiger partial charge < -0.3 is 69.8 Å². The number of fused-ring (bicyclic) bond motifs is 2. The number of imide groups is 2. The lowest BCUT2D eigenvalue weighted by atomic mass is 9.87. The van der Waals surface area contributed by atoms with Gasteiger partial charge >= 0.3 is 12.0 Å². The predicted octanol–water partition coefficient (Wildman–Crippen LogP) is 7.26. The van der Waals surface area contributed by atoms with Crippen LogP contribution >= 0.6 is 23.5 Å². The summed E-state index contributed by atoms with van der Waals surface area (Å²) < 4.78 is 25.4. The van der Waals surface area contributed by atoms with E-state index in [1.54, 1.807) is 36.0 Å². The summed E-state index contributed by atoms with van der Waals surface area (Å²) in [7, 11) is 3.20. The number of hydrogen-bond acceptors (Lipinski definition) is 21. The van der Waals surface area contributed by atoms with Crippen LogP contribution < -0.4 is 41.4 Å². The highest BCUT2D eigenvalue weighted by Crippen LogP contribution is 2.45. The summed E-state index contributed by atoms with van der Waals surface area (Å²) in [6, 6.07) is 39.6. The Labute approximate surface area is 655 Å². The Hall–Kier alpha value is -10.8. The number of H-pyrrole nitrogens is 1. The summed E-state index contributed by atoms with van der Waals surface area (Å²) >= 11 is 2.45. The number of nitrogens with zero attached hydrogens (tertiary/aromatic N) is 8. The fourth-order valence-electron chi connectivity index (χ4n) is 14.3. The molecule has 4 fully saturated rings. The molecule has 13 rings (SSSR count). The molecule has 0 unspecified atom stereocenters. The van der Waals surface area contributed by atoms with E-state index >= 15 is 0 Å². The average Bonchev–Trinajstić information content (AvgIpc) is 0.960. The second-order valence-electron chi connectivity index (χ2n) is 28.3. The molecule has 1 aliphatic carbocycles. The van der Waals surface area contributed by atoms with Crippen LogP contribution in [0.4, 0.5) is 16.4 Å². The summed E-state index contributed by atoms with van der Waals surface area (Å²) in [5.41, 5.74) is 3.75. The van der Waals surface area contributed by atoms with Crippen LogP contribution in [0.3, 0.4) is 0 Å². The fourth-order valence-corrected chi connectivity index (χ4v) is 16.3. The highest BCUT2D eigenvalue weighted by molar-refractivity contribution is 8.08. The lowest BCUT2D eigenvalue weighted by Crippen LogP contribution is -2.56. The summed E-state index contributed by atoms with van der Waals surface area (Å²) in [4.78, 5) is 143. The van der Waals surface area contributed by atoms with E-state index in [2.05, 4.69) is 60.9 Å². The lowest BCUT2D eigenvalue weighted by molar-refractivity contribution is -0.141. The van der Waals surface area contributed by atoms with Crippen molar-refractivity contribution in [1.29, 1.82) is 0 Å². The SMILES string of the molecule is COc1ccc(C#CCNC2(C)CCN(C3CCN(c4nc([C@@](CO)(OC5CC5)c5ccccc5)c5cc(-c6cn(C)c(=O)c7[nH]ccc67)ccc5n4)CC3)CC2)cc1N1CCC(=O)N(CNC(=O)CNC(=O)[C@H](CC(=O)O)NC(=O)CCOCCOCCN2C(=O)C(Sc3ccccc3)=C(Sc3ccccc3)C2=O)C1=O. The van der Waals surface area contributed by atoms with Crippen LogP contribution in [0.15, 0.2) is 170 Å². The number of aliphatic hydroxyl groups is 1. The van der Waals surface area contributed by atoms with Crippen molar-refractivity contribution in [3.63, 3.8) is 0 Å². The number of carboxylic acid groups (broad SMARTS) is 1. The maximum absolute atomic E-state index is 14.1. The number of benzene rings is 5. The van der Waals surface area contributed by atoms with Crippen LogP contribution in [0, 0.1) is 11.8 Å². The Morgan fingerprint density at radius 1 is 0.750 bits per heavy atom. The molecule has 8 amide bonds. The van der Waals surface area contributed by atoms with Crippen LogP contribution in [-0.2, 0) is 60.4 Å². The van der Waals surface area contributed by atoms with Gasteiger partial charge in [0.2, 0.25) is 29.6 Å². The van der Waals surface area contributed by atoms with Gasteiger partial charge in [0.05, 0.1) is 99.0 Å². The van der Waals surface area contributed by atoms with Crippen LogP contribution in [0.25, 0.3) is 32.9 Å². The number of aliphatic carboxylic acids is 1. The normalized spacial score (nSPS) is 17.0. The number of pyridine rings is 1. The molecule has 1 saturated carbocycles. The average molecular weight is 1560 g/mol. The highest BCUT2D eigenvalue weighted by Gasteiger charge is 2.45. The number of carbonyl (C=O) groups is 8. The van der Waals surface area contributed by atoms with Gasteiger partial charge in [0.1, 0.15) is 24.0 Å². The number of anilines is 2. The monoisotopic (exact) mass is 1560 g/mol. The Bertz CT molecular complexity index is 4920. The number of carboxylic acids is 1. The Morgan fingerprint density at radius 2 is 1.43 bits per heavy atom. The van der Waals surface area contributed by atoms with Crippen molar-refractivity contribution < 1.29 is 67.5 Å². The minimum atomic E-state index is -1.57. The number of carbonyl (C=O) groups excluding carboxylic acids is 7. The molecule has 2 atom stereocenters. The van der Waals surface area contributed by atoms with Crippen LogP contribution in [0.5, 0.6) is 5.75 Å². The van der Waals surface area contributed by atoms with Crippen LogP contribution in [0.2, 0.25) is 0 Å². The summed E-state index contributed by atoms with van der Waals surface area (Å²) in [5.74, 6) is 2.08. The second-order valence-corrected chi connectivity index (χ2v) is 30.4. The van der Waals surface area contributed by atoms with Gasteiger partial charge in [-0.05, 0) is 117 Å². The Kier molecular flexibility index (Phi) is 25.6. The fraction of sp³-hybridized carbons (Fsp3) is 0.378. The molecule has 5 aromatic carbocycles. The van der Waals surface area contributed by atoms with Gasteiger partial charge in [-0.3, -0.25) is 48.2 Å². The number of methoxy groups -OCH3 is 1. The van der Waals surface area contributed by atoms with E-state index in [0.29, 0.717) is 56.6 Å². The number of thioether (sulfide) groups is 2. The number of urea groups is 1. The number of likely N-dealkylation sites (tertiary alicyclic amines) is 1. The molecule has 30 heteroatoms. The Balaban J connectivity index is 0.545. The van der Waals surface area contributed by atoms with Crippen molar-refractivity contribution in [2.75, 3.05) is 109 Å². The molecule has 4 aliphatic heterocycles. The third kappa shape index (κ3) is 18.7. The molecule has 7 N–H and O–H groups in total. The molecule has 8 aromatic rings. The first-order chi connectivity index (χ1) is 54.3. The molecule has 0 radical (unpaired) electrons. The van der Waals surface area contributed by atoms with Gasteiger partial charge in [-0.15, -0.1) is 0 Å². The molecule has 112 heavy (non-hydrogen) atoms. The van der Waals surface area contributed by atoms with Crippen molar-refractivity contribution in [1.82, 2.24) is 55.5 Å². The highest BCUT2D eigenvalue weighted by atomic mass is 32.2. The zero-order chi connectivity index (χ0) is 78.5. The van der Waals surface area contributed by atoms with Crippen LogP contribution in [0.1, 0.15) is 81.5 Å². The molecule has 5 aliphatic rings. The smallest absolute Gasteiger partial charge is 0.332 e. The topological polar surface area (TPSA) is 342 Å². The van der Waals surface area contributed by atoms with Gasteiger partial charge in [0.25, 0.3) is 17.4 Å². The maximum atomic E-state index is 14.1. The number of ether oxygens (including phenoxy) is 4. The number of piperidine rings is 2. The van der Waals surface area contributed by atoms with Crippen molar-refractivity contribution in [3.8, 4) is 28.7 Å². The number of aliphatic hydroxyl groups excluding tert-OH is 1. The van der Waals surface area contributed by atoms with Crippen LogP contribution in [-0.4, -0.2) is 215 Å². The first-order valence-corrected chi connectivity index (χ1v) is 39.1. The van der Waals surface area contributed by atoms with Crippen molar-refractivity contribution in [2.45, 2.75) is 104 Å². The zero-order valence-corrected chi connectivity index (χ0v) is 64.1. The van der Waals surface area contributed by atoms with Gasteiger partial charge in [-0.1, -0.05) is 108 Å². The molecule has 584 valence electrons. The second kappa shape index (κ2) is 36.2. The number of aromatic nitrogens is 4. The lowest BCUT2D eigenvalue weighted by Gasteiger charge is -2.45. The summed E-state index contributed by atoms with van der Waals surface area (Å²) in [6.45, 7) is 4.26. The quantitative estimate of drug-likeness (QED) is 0.0121. The molecule has 0 bridgehead atoms.